The van der Waals surface area contributed by atoms with E-state index in [0.717, 1.165) is 10.9 Å². The number of carboxylic acids is 1. The molecular formula is C13H21N3O2S. The summed E-state index contributed by atoms with van der Waals surface area (Å²) in [7, 11) is 0. The van der Waals surface area contributed by atoms with Gasteiger partial charge in [-0.15, -0.1) is 0 Å². The van der Waals surface area contributed by atoms with Gasteiger partial charge < -0.3 is 10.1 Å². The van der Waals surface area contributed by atoms with E-state index in [1.54, 1.807) is 0 Å². The van der Waals surface area contributed by atoms with Gasteiger partial charge in [0.2, 0.25) is 0 Å². The summed E-state index contributed by atoms with van der Waals surface area (Å²) in [5, 5.41) is 11.9. The highest BCUT2D eigenvalue weighted by molar-refractivity contribution is 7.99. The van der Waals surface area contributed by atoms with Crippen molar-refractivity contribution in [2.24, 2.45) is 0 Å². The van der Waals surface area contributed by atoms with Crippen LogP contribution in [0.2, 0.25) is 0 Å². The van der Waals surface area contributed by atoms with Crippen molar-refractivity contribution in [3.05, 3.63) is 11.9 Å². The summed E-state index contributed by atoms with van der Waals surface area (Å²) in [5.41, 5.74) is 0.929. The molecule has 6 heteroatoms. The molecule has 19 heavy (non-hydrogen) atoms. The van der Waals surface area contributed by atoms with E-state index in [-0.39, 0.29) is 5.75 Å². The van der Waals surface area contributed by atoms with Crippen molar-refractivity contribution < 1.29 is 9.90 Å². The maximum absolute atomic E-state index is 10.7. The minimum atomic E-state index is -0.808. The highest BCUT2D eigenvalue weighted by Gasteiger charge is 2.27. The Morgan fingerprint density at radius 1 is 1.47 bits per heavy atom. The zero-order valence-corrected chi connectivity index (χ0v) is 12.5. The summed E-state index contributed by atoms with van der Waals surface area (Å²) < 4.78 is 2.05. The molecule has 0 aromatic carbocycles. The lowest BCUT2D eigenvalue weighted by atomic mass is 10.00. The van der Waals surface area contributed by atoms with Crippen LogP contribution < -0.4 is 5.01 Å². The smallest absolute Gasteiger partial charge is 0.313 e. The monoisotopic (exact) mass is 283 g/mol. The van der Waals surface area contributed by atoms with Crippen molar-refractivity contribution in [1.82, 2.24) is 9.66 Å². The highest BCUT2D eigenvalue weighted by atomic mass is 32.2. The average molecular weight is 283 g/mol. The number of hydrogen-bond acceptors (Lipinski definition) is 4. The Bertz CT molecular complexity index is 451. The van der Waals surface area contributed by atoms with Gasteiger partial charge in [-0.05, 0) is 40.0 Å². The van der Waals surface area contributed by atoms with Gasteiger partial charge in [0.1, 0.15) is 0 Å². The van der Waals surface area contributed by atoms with E-state index in [4.69, 9.17) is 5.11 Å². The van der Waals surface area contributed by atoms with Gasteiger partial charge in [0.15, 0.2) is 5.16 Å². The van der Waals surface area contributed by atoms with Gasteiger partial charge in [-0.1, -0.05) is 11.8 Å². The Kier molecular flexibility index (Phi) is 4.39. The number of carboxylic acid groups (broad SMARTS) is 1. The first-order chi connectivity index (χ1) is 8.99. The molecular weight excluding hydrogens is 262 g/mol. The molecule has 1 aliphatic heterocycles. The van der Waals surface area contributed by atoms with Crippen molar-refractivity contribution in [3.63, 3.8) is 0 Å². The second-order valence-electron chi connectivity index (χ2n) is 5.20. The van der Waals surface area contributed by atoms with Gasteiger partial charge in [-0.25, -0.2) is 9.66 Å². The average Bonchev–Trinajstić information content (AvgIpc) is 2.67. The van der Waals surface area contributed by atoms with E-state index >= 15 is 0 Å². The first-order valence-electron chi connectivity index (χ1n) is 6.68. The molecule has 0 spiro atoms. The first-order valence-corrected chi connectivity index (χ1v) is 7.66. The van der Waals surface area contributed by atoms with Gasteiger partial charge in [0.25, 0.3) is 0 Å². The topological polar surface area (TPSA) is 58.4 Å². The fourth-order valence-electron chi connectivity index (χ4n) is 2.69. The van der Waals surface area contributed by atoms with E-state index in [1.807, 2.05) is 13.1 Å². The van der Waals surface area contributed by atoms with Crippen LogP contribution >= 0.6 is 11.8 Å². The van der Waals surface area contributed by atoms with E-state index in [0.29, 0.717) is 12.1 Å². The first kappa shape index (κ1) is 14.2. The van der Waals surface area contributed by atoms with Gasteiger partial charge >= 0.3 is 5.97 Å². The van der Waals surface area contributed by atoms with Gasteiger partial charge in [-0.3, -0.25) is 4.79 Å². The quantitative estimate of drug-likeness (QED) is 0.859. The second-order valence-corrected chi connectivity index (χ2v) is 6.14. The number of hydrogen-bond donors (Lipinski definition) is 1. The fraction of sp³-hybridized carbons (Fsp3) is 0.692. The van der Waals surface area contributed by atoms with Crippen molar-refractivity contribution in [3.8, 4) is 0 Å². The van der Waals surface area contributed by atoms with Crippen LogP contribution in [-0.2, 0) is 4.79 Å². The van der Waals surface area contributed by atoms with Crippen molar-refractivity contribution in [1.29, 1.82) is 0 Å². The number of carbonyl (C=O) groups is 1. The molecule has 2 atom stereocenters. The van der Waals surface area contributed by atoms with Crippen molar-refractivity contribution in [2.75, 3.05) is 10.8 Å². The molecule has 0 aliphatic carbocycles. The van der Waals surface area contributed by atoms with Crippen LogP contribution in [0, 0.1) is 6.92 Å². The van der Waals surface area contributed by atoms with Crippen LogP contribution in [0.3, 0.4) is 0 Å². The molecule has 1 aliphatic rings. The lowest BCUT2D eigenvalue weighted by molar-refractivity contribution is -0.133. The van der Waals surface area contributed by atoms with Crippen molar-refractivity contribution in [2.45, 2.75) is 57.3 Å². The number of aromatic nitrogens is 2. The molecule has 0 radical (unpaired) electrons. The maximum Gasteiger partial charge on any atom is 0.313 e. The number of nitrogens with zero attached hydrogens (tertiary/aromatic N) is 3. The van der Waals surface area contributed by atoms with Gasteiger partial charge in [0.05, 0.1) is 17.6 Å². The summed E-state index contributed by atoms with van der Waals surface area (Å²) in [6.45, 7) is 6.38. The lowest BCUT2D eigenvalue weighted by Crippen LogP contribution is -2.51. The summed E-state index contributed by atoms with van der Waals surface area (Å²) in [6, 6.07) is 0.919. The minimum absolute atomic E-state index is 0.0487. The number of rotatable bonds is 4. The van der Waals surface area contributed by atoms with Crippen LogP contribution in [0.1, 0.15) is 38.8 Å². The minimum Gasteiger partial charge on any atom is -0.481 e. The number of aliphatic carboxylic acids is 1. The number of piperidine rings is 1. The van der Waals surface area contributed by atoms with Crippen LogP contribution in [0.4, 0.5) is 0 Å². The van der Waals surface area contributed by atoms with E-state index in [9.17, 15) is 4.79 Å². The molecule has 1 N–H and O–H groups in total. The number of aryl methyl sites for hydroxylation is 1. The molecule has 1 fully saturated rings. The normalized spacial score (nSPS) is 23.6. The molecule has 0 amide bonds. The SMILES string of the molecule is Cc1cn(N2C(C)CCCC2C)c(SCC(=O)O)n1. The zero-order chi connectivity index (χ0) is 14.0. The molecule has 1 saturated heterocycles. The lowest BCUT2D eigenvalue weighted by Gasteiger charge is -2.41. The molecule has 106 valence electrons. The van der Waals surface area contributed by atoms with Crippen LogP contribution in [0.25, 0.3) is 0 Å². The highest BCUT2D eigenvalue weighted by Crippen LogP contribution is 2.25. The third-order valence-electron chi connectivity index (χ3n) is 3.50. The van der Waals surface area contributed by atoms with Crippen molar-refractivity contribution >= 4 is 17.7 Å². The predicted octanol–water partition coefficient (Wildman–Crippen LogP) is 2.27. The summed E-state index contributed by atoms with van der Waals surface area (Å²) in [4.78, 5) is 15.2. The molecule has 2 heterocycles. The molecule has 1 aromatic rings. The van der Waals surface area contributed by atoms with E-state index < -0.39 is 5.97 Å². The summed E-state index contributed by atoms with van der Waals surface area (Å²) in [6.07, 6.45) is 5.60. The molecule has 5 nitrogen and oxygen atoms in total. The molecule has 1 aromatic heterocycles. The molecule has 0 saturated carbocycles. The predicted molar refractivity (Wildman–Crippen MR) is 76.3 cm³/mol. The number of imidazole rings is 1. The molecule has 2 unspecified atom stereocenters. The van der Waals surface area contributed by atoms with Crippen LogP contribution in [0.5, 0.6) is 0 Å². The van der Waals surface area contributed by atoms with Crippen LogP contribution in [0.15, 0.2) is 11.4 Å². The Morgan fingerprint density at radius 3 is 2.68 bits per heavy atom. The van der Waals surface area contributed by atoms with E-state index in [1.165, 1.54) is 31.0 Å². The van der Waals surface area contributed by atoms with Gasteiger partial charge in [0, 0.05) is 12.1 Å². The molecule has 0 bridgehead atoms. The third-order valence-corrected chi connectivity index (χ3v) is 4.43. The Hall–Kier alpha value is -1.17. The standard InChI is InChI=1S/C13H21N3O2S/c1-9-7-15(13(14-9)19-8-12(17)18)16-10(2)5-4-6-11(16)3/h7,10-11H,4-6,8H2,1-3H3,(H,17,18). The number of thioether (sulfide) groups is 1. The summed E-state index contributed by atoms with van der Waals surface area (Å²) in [5.74, 6) is -0.760. The van der Waals surface area contributed by atoms with Gasteiger partial charge in [-0.2, -0.15) is 0 Å². The molecule has 2 rings (SSSR count). The third kappa shape index (κ3) is 3.23. The van der Waals surface area contributed by atoms with Crippen LogP contribution in [-0.4, -0.2) is 38.6 Å². The second kappa shape index (κ2) is 5.86. The maximum atomic E-state index is 10.7. The summed E-state index contributed by atoms with van der Waals surface area (Å²) >= 11 is 1.28. The van der Waals surface area contributed by atoms with E-state index in [2.05, 4.69) is 28.5 Å². The fourth-order valence-corrected chi connectivity index (χ4v) is 3.43. The Morgan fingerprint density at radius 2 is 2.11 bits per heavy atom. The zero-order valence-electron chi connectivity index (χ0n) is 11.7. The largest absolute Gasteiger partial charge is 0.481 e. The Balaban J connectivity index is 2.24. The Labute approximate surface area is 118 Å².